The second-order valence-electron chi connectivity index (χ2n) is 8.18. The Kier molecular flexibility index (Phi) is 4.72. The first-order valence-corrected chi connectivity index (χ1v) is 9.14. The van der Waals surface area contributed by atoms with Gasteiger partial charge >= 0.3 is 0 Å². The van der Waals surface area contributed by atoms with E-state index in [9.17, 15) is 0 Å². The molecule has 0 saturated heterocycles. The Morgan fingerprint density at radius 1 is 1.05 bits per heavy atom. The van der Waals surface area contributed by atoms with Crippen LogP contribution in [-0.2, 0) is 0 Å². The summed E-state index contributed by atoms with van der Waals surface area (Å²) in [4.78, 5) is 2.80. The fraction of sp³-hybridized carbons (Fsp3) is 1.00. The molecule has 0 aromatic heterocycles. The molecule has 0 radical (unpaired) electrons. The number of nitrogens with zero attached hydrogens (tertiary/aromatic N) is 1. The lowest BCUT2D eigenvalue weighted by Crippen LogP contribution is -2.48. The molecule has 3 fully saturated rings. The van der Waals surface area contributed by atoms with Gasteiger partial charge in [-0.1, -0.05) is 19.3 Å². The summed E-state index contributed by atoms with van der Waals surface area (Å²) in [6.07, 6.45) is 13.1. The van der Waals surface area contributed by atoms with Crippen molar-refractivity contribution in [3.05, 3.63) is 0 Å². The van der Waals surface area contributed by atoms with Gasteiger partial charge in [-0.2, -0.15) is 0 Å². The Balaban J connectivity index is 1.59. The predicted molar refractivity (Wildman–Crippen MR) is 86.0 cm³/mol. The maximum absolute atomic E-state index is 3.85. The smallest absolute Gasteiger partial charge is 0.00684 e. The van der Waals surface area contributed by atoms with Crippen LogP contribution in [0.4, 0.5) is 0 Å². The summed E-state index contributed by atoms with van der Waals surface area (Å²) >= 11 is 0. The summed E-state index contributed by atoms with van der Waals surface area (Å²) in [5, 5.41) is 3.85. The van der Waals surface area contributed by atoms with Gasteiger partial charge in [-0.15, -0.1) is 0 Å². The maximum Gasteiger partial charge on any atom is 0.00684 e. The highest BCUT2D eigenvalue weighted by atomic mass is 15.2. The van der Waals surface area contributed by atoms with Crippen LogP contribution in [0.25, 0.3) is 0 Å². The Labute approximate surface area is 125 Å². The van der Waals surface area contributed by atoms with E-state index in [0.29, 0.717) is 5.41 Å². The van der Waals surface area contributed by atoms with E-state index in [1.54, 1.807) is 0 Å². The Bertz CT molecular complexity index is 299. The first kappa shape index (κ1) is 14.8. The zero-order chi connectivity index (χ0) is 14.0. The highest BCUT2D eigenvalue weighted by molar-refractivity contribution is 4.93. The van der Waals surface area contributed by atoms with Gasteiger partial charge < -0.3 is 10.2 Å². The molecule has 0 bridgehead atoms. The van der Waals surface area contributed by atoms with E-state index in [2.05, 4.69) is 24.1 Å². The van der Waals surface area contributed by atoms with Crippen LogP contribution < -0.4 is 5.32 Å². The molecule has 3 rings (SSSR count). The topological polar surface area (TPSA) is 15.3 Å². The Morgan fingerprint density at radius 3 is 2.30 bits per heavy atom. The molecular weight excluding hydrogens is 244 g/mol. The zero-order valence-corrected chi connectivity index (χ0v) is 13.7. The highest BCUT2D eigenvalue weighted by Crippen LogP contribution is 2.39. The number of hydrogen-bond acceptors (Lipinski definition) is 2. The summed E-state index contributed by atoms with van der Waals surface area (Å²) < 4.78 is 0. The summed E-state index contributed by atoms with van der Waals surface area (Å²) in [7, 11) is 0. The fourth-order valence-electron chi connectivity index (χ4n) is 3.86. The molecule has 20 heavy (non-hydrogen) atoms. The third-order valence-corrected chi connectivity index (χ3v) is 5.72. The normalized spacial score (nSPS) is 26.4. The van der Waals surface area contributed by atoms with Crippen LogP contribution >= 0.6 is 0 Å². The van der Waals surface area contributed by atoms with Crippen molar-refractivity contribution in [3.63, 3.8) is 0 Å². The van der Waals surface area contributed by atoms with Gasteiger partial charge in [0.2, 0.25) is 0 Å². The minimum atomic E-state index is 0.583. The number of hydrogen-bond donors (Lipinski definition) is 1. The van der Waals surface area contributed by atoms with Gasteiger partial charge in [0, 0.05) is 31.7 Å². The van der Waals surface area contributed by atoms with Crippen molar-refractivity contribution in [2.45, 2.75) is 83.7 Å². The van der Waals surface area contributed by atoms with Gasteiger partial charge in [-0.05, 0) is 63.7 Å². The fourth-order valence-corrected chi connectivity index (χ4v) is 3.86. The quantitative estimate of drug-likeness (QED) is 0.726. The lowest BCUT2D eigenvalue weighted by Gasteiger charge is -2.43. The molecule has 0 heterocycles. The molecule has 3 aliphatic carbocycles. The number of nitrogens with one attached hydrogen (secondary N) is 1. The molecule has 116 valence electrons. The van der Waals surface area contributed by atoms with Crippen LogP contribution in [0.5, 0.6) is 0 Å². The van der Waals surface area contributed by atoms with E-state index >= 15 is 0 Å². The molecule has 2 heteroatoms. The van der Waals surface area contributed by atoms with E-state index in [4.69, 9.17) is 0 Å². The van der Waals surface area contributed by atoms with Gasteiger partial charge in [0.25, 0.3) is 0 Å². The average molecular weight is 278 g/mol. The van der Waals surface area contributed by atoms with Crippen molar-refractivity contribution in [3.8, 4) is 0 Å². The second-order valence-corrected chi connectivity index (χ2v) is 8.18. The third kappa shape index (κ3) is 4.21. The van der Waals surface area contributed by atoms with Crippen molar-refractivity contribution in [2.75, 3.05) is 19.6 Å². The van der Waals surface area contributed by atoms with E-state index in [0.717, 1.165) is 18.0 Å². The first-order valence-electron chi connectivity index (χ1n) is 9.14. The van der Waals surface area contributed by atoms with Gasteiger partial charge in [-0.25, -0.2) is 0 Å². The van der Waals surface area contributed by atoms with Crippen LogP contribution in [0.2, 0.25) is 0 Å². The minimum absolute atomic E-state index is 0.583. The van der Waals surface area contributed by atoms with Crippen LogP contribution in [0.1, 0.15) is 71.6 Å². The molecule has 0 aromatic rings. The van der Waals surface area contributed by atoms with Crippen LogP contribution in [0.15, 0.2) is 0 Å². The summed E-state index contributed by atoms with van der Waals surface area (Å²) in [5.74, 6) is 1.02. The molecule has 0 spiro atoms. The van der Waals surface area contributed by atoms with E-state index in [1.807, 2.05) is 0 Å². The standard InChI is InChI=1S/C18H34N2/c1-15(2)20(12-16-6-7-16)14-18(10-4-3-5-11-18)13-19-17-8-9-17/h15-17,19H,3-14H2,1-2H3. The Morgan fingerprint density at radius 2 is 1.75 bits per heavy atom. The van der Waals surface area contributed by atoms with Crippen LogP contribution in [0.3, 0.4) is 0 Å². The van der Waals surface area contributed by atoms with Crippen molar-refractivity contribution in [1.29, 1.82) is 0 Å². The van der Waals surface area contributed by atoms with E-state index in [1.165, 1.54) is 77.4 Å². The summed E-state index contributed by atoms with van der Waals surface area (Å²) in [6.45, 7) is 8.79. The molecule has 1 N–H and O–H groups in total. The van der Waals surface area contributed by atoms with Gasteiger partial charge in [0.15, 0.2) is 0 Å². The monoisotopic (exact) mass is 278 g/mol. The average Bonchev–Trinajstić information content (AvgIpc) is 3.32. The van der Waals surface area contributed by atoms with Gasteiger partial charge in [0.1, 0.15) is 0 Å². The molecule has 3 aliphatic rings. The maximum atomic E-state index is 3.85. The largest absolute Gasteiger partial charge is 0.313 e. The molecule has 0 atom stereocenters. The number of rotatable bonds is 8. The SMILES string of the molecule is CC(C)N(CC1CC1)CC1(CNC2CC2)CCCCC1. The van der Waals surface area contributed by atoms with Crippen molar-refractivity contribution in [2.24, 2.45) is 11.3 Å². The summed E-state index contributed by atoms with van der Waals surface area (Å²) in [6, 6.07) is 1.58. The zero-order valence-electron chi connectivity index (χ0n) is 13.7. The second kappa shape index (κ2) is 6.36. The Hall–Kier alpha value is -0.0800. The first-order chi connectivity index (χ1) is 9.67. The predicted octanol–water partition coefficient (Wildman–Crippen LogP) is 3.81. The van der Waals surface area contributed by atoms with Crippen LogP contribution in [0, 0.1) is 11.3 Å². The molecule has 0 aliphatic heterocycles. The molecule has 0 aromatic carbocycles. The molecule has 0 unspecified atom stereocenters. The van der Waals surface area contributed by atoms with Crippen molar-refractivity contribution in [1.82, 2.24) is 10.2 Å². The lowest BCUT2D eigenvalue weighted by molar-refractivity contribution is 0.0797. The lowest BCUT2D eigenvalue weighted by atomic mass is 9.73. The van der Waals surface area contributed by atoms with Crippen LogP contribution in [-0.4, -0.2) is 36.6 Å². The van der Waals surface area contributed by atoms with Gasteiger partial charge in [-0.3, -0.25) is 0 Å². The summed E-state index contributed by atoms with van der Waals surface area (Å²) in [5.41, 5.74) is 0.583. The molecular formula is C18H34N2. The molecule has 2 nitrogen and oxygen atoms in total. The van der Waals surface area contributed by atoms with E-state index in [-0.39, 0.29) is 0 Å². The molecule has 3 saturated carbocycles. The minimum Gasteiger partial charge on any atom is -0.313 e. The van der Waals surface area contributed by atoms with Crippen molar-refractivity contribution >= 4 is 0 Å². The molecule has 0 amide bonds. The van der Waals surface area contributed by atoms with Gasteiger partial charge in [0.05, 0.1) is 0 Å². The van der Waals surface area contributed by atoms with E-state index < -0.39 is 0 Å². The van der Waals surface area contributed by atoms with Crippen molar-refractivity contribution < 1.29 is 0 Å². The third-order valence-electron chi connectivity index (χ3n) is 5.72. The highest BCUT2D eigenvalue weighted by Gasteiger charge is 2.37.